The molecule has 0 radical (unpaired) electrons. The molecule has 1 saturated heterocycles. The van der Waals surface area contributed by atoms with Crippen molar-refractivity contribution in [2.75, 3.05) is 42.8 Å². The molecule has 0 unspecified atom stereocenters. The summed E-state index contributed by atoms with van der Waals surface area (Å²) in [5.41, 5.74) is 0. The van der Waals surface area contributed by atoms with Crippen molar-refractivity contribution in [3.63, 3.8) is 0 Å². The molecule has 2 aromatic rings. The molecule has 0 amide bonds. The van der Waals surface area contributed by atoms with Crippen LogP contribution in [-0.2, 0) is 10.0 Å². The average Bonchev–Trinajstić information content (AvgIpc) is 2.57. The maximum atomic E-state index is 12.2. The van der Waals surface area contributed by atoms with Gasteiger partial charge in [-0.15, -0.1) is 10.2 Å². The number of nitrogens with zero attached hydrogens (tertiary/aromatic N) is 4. The second kappa shape index (κ2) is 6.51. The average molecular weight is 333 g/mol. The summed E-state index contributed by atoms with van der Waals surface area (Å²) in [5, 5.41) is 8.12. The minimum absolute atomic E-state index is 0.199. The first-order valence-electron chi connectivity index (χ1n) is 7.40. The van der Waals surface area contributed by atoms with E-state index < -0.39 is 10.0 Å². The number of aromatic nitrogens is 2. The molecule has 7 nitrogen and oxygen atoms in total. The second-order valence-corrected chi connectivity index (χ2v) is 7.17. The topological polar surface area (TPSA) is 78.4 Å². The van der Waals surface area contributed by atoms with Crippen LogP contribution in [-0.4, -0.2) is 56.7 Å². The third kappa shape index (κ3) is 3.77. The lowest BCUT2D eigenvalue weighted by Crippen LogP contribution is -2.44. The molecule has 0 atom stereocenters. The van der Waals surface area contributed by atoms with Crippen LogP contribution in [0.25, 0.3) is 0 Å². The maximum absolute atomic E-state index is 12.2. The van der Waals surface area contributed by atoms with Crippen molar-refractivity contribution in [3.8, 4) is 0 Å². The number of hydrogen-bond donors (Lipinski definition) is 1. The van der Waals surface area contributed by atoms with Crippen molar-refractivity contribution in [2.24, 2.45) is 0 Å². The summed E-state index contributed by atoms with van der Waals surface area (Å²) in [6.45, 7) is 3.73. The summed E-state index contributed by atoms with van der Waals surface area (Å²) in [6.07, 6.45) is 0. The Labute approximate surface area is 136 Å². The molecule has 1 fully saturated rings. The lowest BCUT2D eigenvalue weighted by molar-refractivity contribution is 0.312. The fraction of sp³-hybridized carbons (Fsp3) is 0.333. The fourth-order valence-corrected chi connectivity index (χ4v) is 3.40. The Morgan fingerprint density at radius 2 is 1.65 bits per heavy atom. The Morgan fingerprint density at radius 1 is 0.957 bits per heavy atom. The summed E-state index contributed by atoms with van der Waals surface area (Å²) >= 11 is 0. The first kappa shape index (κ1) is 15.7. The van der Waals surface area contributed by atoms with Crippen LogP contribution in [0.2, 0.25) is 0 Å². The van der Waals surface area contributed by atoms with Gasteiger partial charge in [-0.3, -0.25) is 4.72 Å². The summed E-state index contributed by atoms with van der Waals surface area (Å²) in [4.78, 5) is 4.60. The number of likely N-dealkylation sites (N-methyl/N-ethyl adjacent to an activating group) is 1. The molecule has 1 aromatic carbocycles. The van der Waals surface area contributed by atoms with Gasteiger partial charge in [0.25, 0.3) is 10.0 Å². The molecule has 23 heavy (non-hydrogen) atoms. The van der Waals surface area contributed by atoms with E-state index >= 15 is 0 Å². The van der Waals surface area contributed by atoms with Crippen molar-refractivity contribution in [1.82, 2.24) is 15.1 Å². The Bertz CT molecular complexity index is 741. The van der Waals surface area contributed by atoms with Gasteiger partial charge in [0, 0.05) is 26.2 Å². The van der Waals surface area contributed by atoms with Crippen LogP contribution >= 0.6 is 0 Å². The minimum Gasteiger partial charge on any atom is -0.353 e. The highest BCUT2D eigenvalue weighted by Gasteiger charge is 2.17. The fourth-order valence-electron chi connectivity index (χ4n) is 2.38. The van der Waals surface area contributed by atoms with Gasteiger partial charge in [-0.05, 0) is 31.3 Å². The van der Waals surface area contributed by atoms with Gasteiger partial charge in [-0.25, -0.2) is 8.42 Å². The molecule has 1 aliphatic heterocycles. The molecule has 1 aromatic heterocycles. The SMILES string of the molecule is CN1CCN(c2ccc(NS(=O)(=O)c3ccccc3)nn2)CC1. The highest BCUT2D eigenvalue weighted by molar-refractivity contribution is 7.92. The van der Waals surface area contributed by atoms with Gasteiger partial charge in [0.05, 0.1) is 4.90 Å². The van der Waals surface area contributed by atoms with E-state index in [2.05, 4.69) is 31.8 Å². The first-order valence-corrected chi connectivity index (χ1v) is 8.88. The largest absolute Gasteiger partial charge is 0.353 e. The lowest BCUT2D eigenvalue weighted by Gasteiger charge is -2.32. The molecule has 3 rings (SSSR count). The van der Waals surface area contributed by atoms with Crippen LogP contribution < -0.4 is 9.62 Å². The zero-order valence-corrected chi connectivity index (χ0v) is 13.7. The quantitative estimate of drug-likeness (QED) is 0.900. The van der Waals surface area contributed by atoms with Crippen LogP contribution in [0.15, 0.2) is 47.4 Å². The van der Waals surface area contributed by atoms with Gasteiger partial charge in [-0.2, -0.15) is 0 Å². The number of piperazine rings is 1. The molecule has 0 saturated carbocycles. The summed E-state index contributed by atoms with van der Waals surface area (Å²) in [6, 6.07) is 11.6. The molecule has 0 aliphatic carbocycles. The normalized spacial score (nSPS) is 16.3. The summed E-state index contributed by atoms with van der Waals surface area (Å²) in [7, 11) is -1.54. The Morgan fingerprint density at radius 3 is 2.26 bits per heavy atom. The molecular weight excluding hydrogens is 314 g/mol. The van der Waals surface area contributed by atoms with Crippen molar-refractivity contribution >= 4 is 21.7 Å². The standard InChI is InChI=1S/C15H19N5O2S/c1-19-9-11-20(12-10-19)15-8-7-14(16-17-15)18-23(21,22)13-5-3-2-4-6-13/h2-8H,9-12H2,1H3,(H,16,18). The van der Waals surface area contributed by atoms with Crippen molar-refractivity contribution in [3.05, 3.63) is 42.5 Å². The predicted molar refractivity (Wildman–Crippen MR) is 89.0 cm³/mol. The minimum atomic E-state index is -3.63. The van der Waals surface area contributed by atoms with Gasteiger partial charge >= 0.3 is 0 Å². The van der Waals surface area contributed by atoms with E-state index in [0.29, 0.717) is 0 Å². The third-order valence-electron chi connectivity index (χ3n) is 3.77. The molecule has 0 spiro atoms. The van der Waals surface area contributed by atoms with Gasteiger partial charge < -0.3 is 9.80 Å². The van der Waals surface area contributed by atoms with Crippen LogP contribution in [0.3, 0.4) is 0 Å². The molecule has 1 N–H and O–H groups in total. The zero-order chi connectivity index (χ0) is 16.3. The first-order chi connectivity index (χ1) is 11.0. The molecule has 8 heteroatoms. The van der Waals surface area contributed by atoms with Crippen molar-refractivity contribution in [2.45, 2.75) is 4.90 Å². The van der Waals surface area contributed by atoms with Gasteiger partial charge in [0.15, 0.2) is 11.6 Å². The van der Waals surface area contributed by atoms with Gasteiger partial charge in [0.1, 0.15) is 0 Å². The monoisotopic (exact) mass is 333 g/mol. The Kier molecular flexibility index (Phi) is 4.44. The number of benzene rings is 1. The van der Waals surface area contributed by atoms with Crippen LogP contribution in [0.5, 0.6) is 0 Å². The van der Waals surface area contributed by atoms with Crippen molar-refractivity contribution < 1.29 is 8.42 Å². The van der Waals surface area contributed by atoms with E-state index in [1.165, 1.54) is 12.1 Å². The smallest absolute Gasteiger partial charge is 0.263 e. The molecule has 122 valence electrons. The molecule has 2 heterocycles. The van der Waals surface area contributed by atoms with Crippen molar-refractivity contribution in [1.29, 1.82) is 0 Å². The van der Waals surface area contributed by atoms with E-state index in [-0.39, 0.29) is 10.7 Å². The highest BCUT2D eigenvalue weighted by Crippen LogP contribution is 2.16. The maximum Gasteiger partial charge on any atom is 0.263 e. The van der Waals surface area contributed by atoms with Crippen LogP contribution in [0, 0.1) is 0 Å². The van der Waals surface area contributed by atoms with Gasteiger partial charge in [0.2, 0.25) is 0 Å². The molecule has 1 aliphatic rings. The van der Waals surface area contributed by atoms with E-state index in [1.54, 1.807) is 30.3 Å². The Balaban J connectivity index is 1.70. The second-order valence-electron chi connectivity index (χ2n) is 5.49. The lowest BCUT2D eigenvalue weighted by atomic mass is 10.3. The predicted octanol–water partition coefficient (Wildman–Crippen LogP) is 1.03. The number of hydrogen-bond acceptors (Lipinski definition) is 6. The van der Waals surface area contributed by atoms with E-state index in [9.17, 15) is 8.42 Å². The van der Waals surface area contributed by atoms with Crippen LogP contribution in [0.1, 0.15) is 0 Å². The Hall–Kier alpha value is -2.19. The number of nitrogens with one attached hydrogen (secondary N) is 1. The number of rotatable bonds is 4. The number of sulfonamides is 1. The van der Waals surface area contributed by atoms with Crippen LogP contribution in [0.4, 0.5) is 11.6 Å². The summed E-state index contributed by atoms with van der Waals surface area (Å²) < 4.78 is 26.9. The third-order valence-corrected chi connectivity index (χ3v) is 5.14. The zero-order valence-electron chi connectivity index (χ0n) is 12.9. The van der Waals surface area contributed by atoms with E-state index in [4.69, 9.17) is 0 Å². The summed E-state index contributed by atoms with van der Waals surface area (Å²) in [5.74, 6) is 0.979. The van der Waals surface area contributed by atoms with Gasteiger partial charge in [-0.1, -0.05) is 18.2 Å². The molecular formula is C15H19N5O2S. The van der Waals surface area contributed by atoms with E-state index in [1.807, 2.05) is 0 Å². The molecule has 0 bridgehead atoms. The highest BCUT2D eigenvalue weighted by atomic mass is 32.2. The van der Waals surface area contributed by atoms with E-state index in [0.717, 1.165) is 32.0 Å². The number of anilines is 2.